The number of pyridine rings is 1. The van der Waals surface area contributed by atoms with E-state index in [1.165, 1.54) is 23.8 Å². The first-order valence-electron chi connectivity index (χ1n) is 5.99. The molecule has 0 radical (unpaired) electrons. The fourth-order valence-electron chi connectivity index (χ4n) is 1.98. The lowest BCUT2D eigenvalue weighted by Crippen LogP contribution is -2.19. The van der Waals surface area contributed by atoms with E-state index in [1.54, 1.807) is 0 Å². The van der Waals surface area contributed by atoms with Gasteiger partial charge in [0.15, 0.2) is 0 Å². The highest BCUT2D eigenvalue weighted by Crippen LogP contribution is 2.18. The van der Waals surface area contributed by atoms with E-state index in [4.69, 9.17) is 0 Å². The number of rotatable bonds is 4. The van der Waals surface area contributed by atoms with Crippen LogP contribution in [0.5, 0.6) is 0 Å². The van der Waals surface area contributed by atoms with Gasteiger partial charge in [-0.2, -0.15) is 0 Å². The van der Waals surface area contributed by atoms with Gasteiger partial charge in [-0.25, -0.2) is 0 Å². The zero-order valence-corrected chi connectivity index (χ0v) is 9.32. The van der Waals surface area contributed by atoms with E-state index in [9.17, 15) is 0 Å². The summed E-state index contributed by atoms with van der Waals surface area (Å²) < 4.78 is 0. The van der Waals surface area contributed by atoms with Crippen molar-refractivity contribution in [2.75, 3.05) is 6.54 Å². The van der Waals surface area contributed by atoms with E-state index in [1.807, 2.05) is 12.3 Å². The highest BCUT2D eigenvalue weighted by molar-refractivity contribution is 5.78. The lowest BCUT2D eigenvalue weighted by atomic mass is 10.1. The van der Waals surface area contributed by atoms with Crippen molar-refractivity contribution in [1.29, 1.82) is 0 Å². The molecule has 1 heterocycles. The molecule has 1 aromatic carbocycles. The van der Waals surface area contributed by atoms with Crippen LogP contribution in [0.1, 0.15) is 18.4 Å². The molecule has 2 nitrogen and oxygen atoms in total. The molecule has 0 amide bonds. The molecule has 1 saturated carbocycles. The summed E-state index contributed by atoms with van der Waals surface area (Å²) in [5.74, 6) is 0. The molecular weight excluding hydrogens is 196 g/mol. The van der Waals surface area contributed by atoms with Crippen molar-refractivity contribution >= 4 is 10.9 Å². The Balaban J connectivity index is 1.71. The average Bonchev–Trinajstić information content (AvgIpc) is 3.13. The van der Waals surface area contributed by atoms with Gasteiger partial charge in [-0.15, -0.1) is 0 Å². The zero-order valence-electron chi connectivity index (χ0n) is 9.32. The zero-order chi connectivity index (χ0) is 10.8. The Hall–Kier alpha value is -1.41. The van der Waals surface area contributed by atoms with Crippen LogP contribution in [0.2, 0.25) is 0 Å². The third kappa shape index (κ3) is 2.22. The highest BCUT2D eigenvalue weighted by atomic mass is 14.9. The number of fused-ring (bicyclic) bond motifs is 1. The van der Waals surface area contributed by atoms with Crippen LogP contribution in [0.15, 0.2) is 36.5 Å². The molecule has 3 rings (SSSR count). The second-order valence-electron chi connectivity index (χ2n) is 4.51. The first-order chi connectivity index (χ1) is 7.92. The first-order valence-corrected chi connectivity index (χ1v) is 5.99. The molecule has 2 heteroatoms. The molecule has 16 heavy (non-hydrogen) atoms. The Morgan fingerprint density at radius 3 is 3.06 bits per heavy atom. The van der Waals surface area contributed by atoms with Crippen LogP contribution in [-0.4, -0.2) is 17.6 Å². The molecule has 2 aromatic rings. The molecule has 0 atom stereocenters. The van der Waals surface area contributed by atoms with E-state index in [-0.39, 0.29) is 0 Å². The minimum atomic E-state index is 0.804. The Morgan fingerprint density at radius 2 is 2.19 bits per heavy atom. The van der Waals surface area contributed by atoms with E-state index < -0.39 is 0 Å². The second kappa shape index (κ2) is 4.22. The maximum atomic E-state index is 4.38. The van der Waals surface area contributed by atoms with Crippen LogP contribution in [0.4, 0.5) is 0 Å². The maximum Gasteiger partial charge on any atom is 0.0704 e. The largest absolute Gasteiger partial charge is 0.314 e. The van der Waals surface area contributed by atoms with Gasteiger partial charge < -0.3 is 5.32 Å². The molecule has 0 aliphatic heterocycles. The highest BCUT2D eigenvalue weighted by Gasteiger charge is 2.19. The molecule has 1 aliphatic rings. The number of hydrogen-bond acceptors (Lipinski definition) is 2. The van der Waals surface area contributed by atoms with E-state index in [0.29, 0.717) is 0 Å². The van der Waals surface area contributed by atoms with E-state index >= 15 is 0 Å². The Morgan fingerprint density at radius 1 is 1.25 bits per heavy atom. The van der Waals surface area contributed by atoms with Gasteiger partial charge in [0, 0.05) is 17.6 Å². The third-order valence-electron chi connectivity index (χ3n) is 3.09. The SMILES string of the molecule is c1cnc2cc(CCNC3CC3)ccc2c1. The fraction of sp³-hybridized carbons (Fsp3) is 0.357. The summed E-state index contributed by atoms with van der Waals surface area (Å²) in [5, 5.41) is 4.76. The van der Waals surface area contributed by atoms with Gasteiger partial charge in [-0.1, -0.05) is 18.2 Å². The van der Waals surface area contributed by atoms with Crippen LogP contribution in [0.25, 0.3) is 10.9 Å². The van der Waals surface area contributed by atoms with Crippen molar-refractivity contribution in [2.24, 2.45) is 0 Å². The Bertz CT molecular complexity index is 489. The van der Waals surface area contributed by atoms with Gasteiger partial charge in [0.2, 0.25) is 0 Å². The van der Waals surface area contributed by atoms with Gasteiger partial charge >= 0.3 is 0 Å². The minimum absolute atomic E-state index is 0.804. The molecule has 1 aliphatic carbocycles. The summed E-state index contributed by atoms with van der Waals surface area (Å²) in [5.41, 5.74) is 2.48. The van der Waals surface area contributed by atoms with Gasteiger partial charge in [0.1, 0.15) is 0 Å². The average molecular weight is 212 g/mol. The summed E-state index contributed by atoms with van der Waals surface area (Å²) in [6.45, 7) is 1.09. The van der Waals surface area contributed by atoms with Crippen LogP contribution in [-0.2, 0) is 6.42 Å². The summed E-state index contributed by atoms with van der Waals surface area (Å²) in [4.78, 5) is 4.38. The molecule has 82 valence electrons. The normalized spacial score (nSPS) is 15.5. The molecule has 1 N–H and O–H groups in total. The van der Waals surface area contributed by atoms with Crippen LogP contribution in [0, 0.1) is 0 Å². The minimum Gasteiger partial charge on any atom is -0.314 e. The monoisotopic (exact) mass is 212 g/mol. The van der Waals surface area contributed by atoms with Crippen molar-refractivity contribution in [3.05, 3.63) is 42.1 Å². The van der Waals surface area contributed by atoms with Crippen molar-refractivity contribution in [3.8, 4) is 0 Å². The number of aromatic nitrogens is 1. The van der Waals surface area contributed by atoms with E-state index in [2.05, 4.69) is 34.6 Å². The topological polar surface area (TPSA) is 24.9 Å². The lowest BCUT2D eigenvalue weighted by Gasteiger charge is -2.04. The quantitative estimate of drug-likeness (QED) is 0.842. The summed E-state index contributed by atoms with van der Waals surface area (Å²) >= 11 is 0. The number of benzene rings is 1. The molecule has 1 aromatic heterocycles. The number of nitrogens with one attached hydrogen (secondary N) is 1. The first kappa shape index (κ1) is 9.79. The summed E-state index contributed by atoms with van der Waals surface area (Å²) in [6, 6.07) is 11.5. The van der Waals surface area contributed by atoms with Gasteiger partial charge in [0.25, 0.3) is 0 Å². The van der Waals surface area contributed by atoms with Crippen LogP contribution < -0.4 is 5.32 Å². The maximum absolute atomic E-state index is 4.38. The van der Waals surface area contributed by atoms with E-state index in [0.717, 1.165) is 24.5 Å². The van der Waals surface area contributed by atoms with Crippen molar-refractivity contribution in [3.63, 3.8) is 0 Å². The second-order valence-corrected chi connectivity index (χ2v) is 4.51. The summed E-state index contributed by atoms with van der Waals surface area (Å²) in [7, 11) is 0. The standard InChI is InChI=1S/C14H16N2/c1-2-12-4-3-11(10-14(12)16-8-1)7-9-15-13-5-6-13/h1-4,8,10,13,15H,5-7,9H2. The van der Waals surface area contributed by atoms with Crippen molar-refractivity contribution in [2.45, 2.75) is 25.3 Å². The van der Waals surface area contributed by atoms with Gasteiger partial charge in [-0.3, -0.25) is 4.98 Å². The number of hydrogen-bond donors (Lipinski definition) is 1. The fourth-order valence-corrected chi connectivity index (χ4v) is 1.98. The molecule has 1 fully saturated rings. The Kier molecular flexibility index (Phi) is 2.58. The molecule has 0 spiro atoms. The molecule has 0 bridgehead atoms. The molecule has 0 saturated heterocycles. The smallest absolute Gasteiger partial charge is 0.0704 e. The number of nitrogens with zero attached hydrogens (tertiary/aromatic N) is 1. The summed E-state index contributed by atoms with van der Waals surface area (Å²) in [6.07, 6.45) is 5.68. The van der Waals surface area contributed by atoms with Crippen LogP contribution >= 0.6 is 0 Å². The third-order valence-corrected chi connectivity index (χ3v) is 3.09. The molecular formula is C14H16N2. The van der Waals surface area contributed by atoms with Gasteiger partial charge in [0.05, 0.1) is 5.52 Å². The lowest BCUT2D eigenvalue weighted by molar-refractivity contribution is 0.682. The predicted molar refractivity (Wildman–Crippen MR) is 66.5 cm³/mol. The Labute approximate surface area is 95.7 Å². The van der Waals surface area contributed by atoms with Gasteiger partial charge in [-0.05, 0) is 43.5 Å². The predicted octanol–water partition coefficient (Wildman–Crippen LogP) is 2.53. The molecule has 0 unspecified atom stereocenters. The van der Waals surface area contributed by atoms with Crippen molar-refractivity contribution < 1.29 is 0 Å². The van der Waals surface area contributed by atoms with Crippen LogP contribution in [0.3, 0.4) is 0 Å². The van der Waals surface area contributed by atoms with Crippen molar-refractivity contribution in [1.82, 2.24) is 10.3 Å².